The van der Waals surface area contributed by atoms with Gasteiger partial charge in [-0.3, -0.25) is 4.79 Å². The second-order valence-electron chi connectivity index (χ2n) is 4.86. The number of aromatic nitrogens is 1. The molecule has 0 radical (unpaired) electrons. The Morgan fingerprint density at radius 3 is 2.50 bits per heavy atom. The topological polar surface area (TPSA) is 68.0 Å². The number of nitrogens with zero attached hydrogens (tertiary/aromatic N) is 1. The molecule has 0 aliphatic heterocycles. The van der Waals surface area contributed by atoms with Gasteiger partial charge in [-0.25, -0.2) is 4.98 Å². The van der Waals surface area contributed by atoms with Crippen molar-refractivity contribution in [2.75, 3.05) is 11.1 Å². The molecule has 0 aliphatic rings. The maximum atomic E-state index is 12.1. The van der Waals surface area contributed by atoms with Crippen molar-refractivity contribution in [3.05, 3.63) is 53.7 Å². The van der Waals surface area contributed by atoms with Gasteiger partial charge in [-0.2, -0.15) is 0 Å². The molecule has 4 heteroatoms. The van der Waals surface area contributed by atoms with Gasteiger partial charge < -0.3 is 11.1 Å². The number of anilines is 2. The maximum absolute atomic E-state index is 12.1. The van der Waals surface area contributed by atoms with Crippen LogP contribution in [0.25, 0.3) is 0 Å². The van der Waals surface area contributed by atoms with Crippen molar-refractivity contribution in [3.63, 3.8) is 0 Å². The van der Waals surface area contributed by atoms with E-state index in [1.807, 2.05) is 24.3 Å². The summed E-state index contributed by atoms with van der Waals surface area (Å²) in [7, 11) is 0. The molecule has 1 atom stereocenters. The van der Waals surface area contributed by atoms with Crippen LogP contribution in [0.3, 0.4) is 0 Å². The summed E-state index contributed by atoms with van der Waals surface area (Å²) in [6, 6.07) is 11.1. The summed E-state index contributed by atoms with van der Waals surface area (Å²) in [5.41, 5.74) is 8.02. The van der Waals surface area contributed by atoms with E-state index in [0.29, 0.717) is 23.0 Å². The van der Waals surface area contributed by atoms with E-state index in [4.69, 9.17) is 5.73 Å². The average molecular weight is 269 g/mol. The number of benzene rings is 1. The number of carbonyl (C=O) groups is 1. The first-order valence-corrected chi connectivity index (χ1v) is 6.73. The van der Waals surface area contributed by atoms with Crippen molar-refractivity contribution >= 4 is 17.4 Å². The average Bonchev–Trinajstić information content (AvgIpc) is 2.49. The molecule has 2 aromatic rings. The Bertz CT molecular complexity index is 576. The Labute approximate surface area is 119 Å². The summed E-state index contributed by atoms with van der Waals surface area (Å²) in [5.74, 6) is 0.793. The highest BCUT2D eigenvalue weighted by Gasteiger charge is 2.08. The molecular formula is C16H19N3O. The third-order valence-corrected chi connectivity index (χ3v) is 3.40. The van der Waals surface area contributed by atoms with E-state index in [1.54, 1.807) is 18.3 Å². The lowest BCUT2D eigenvalue weighted by Gasteiger charge is -2.10. The number of nitrogen functional groups attached to an aromatic ring is 1. The number of nitrogens with two attached hydrogens (primary N) is 1. The molecule has 0 spiro atoms. The predicted octanol–water partition coefficient (Wildman–Crippen LogP) is 3.43. The Morgan fingerprint density at radius 2 is 1.95 bits per heavy atom. The van der Waals surface area contributed by atoms with E-state index in [1.165, 1.54) is 5.56 Å². The van der Waals surface area contributed by atoms with Gasteiger partial charge in [0.05, 0.1) is 11.9 Å². The number of nitrogens with one attached hydrogen (secondary N) is 1. The normalized spacial score (nSPS) is 11.9. The van der Waals surface area contributed by atoms with Gasteiger partial charge in [0.2, 0.25) is 0 Å². The van der Waals surface area contributed by atoms with Crippen molar-refractivity contribution in [2.24, 2.45) is 0 Å². The summed E-state index contributed by atoms with van der Waals surface area (Å²) in [4.78, 5) is 16.0. The van der Waals surface area contributed by atoms with Crippen LogP contribution in [0.4, 0.5) is 11.5 Å². The summed E-state index contributed by atoms with van der Waals surface area (Å²) in [6.45, 7) is 4.33. The number of amides is 1. The molecule has 0 bridgehead atoms. The number of pyridine rings is 1. The van der Waals surface area contributed by atoms with Gasteiger partial charge in [-0.05, 0) is 42.2 Å². The fourth-order valence-electron chi connectivity index (χ4n) is 1.88. The minimum atomic E-state index is -0.146. The molecule has 20 heavy (non-hydrogen) atoms. The first kappa shape index (κ1) is 14.1. The van der Waals surface area contributed by atoms with Crippen LogP contribution in [0.15, 0.2) is 42.6 Å². The van der Waals surface area contributed by atoms with Gasteiger partial charge in [0.1, 0.15) is 5.82 Å². The fraction of sp³-hybridized carbons (Fsp3) is 0.250. The van der Waals surface area contributed by atoms with E-state index in [-0.39, 0.29) is 5.91 Å². The Kier molecular flexibility index (Phi) is 4.35. The summed E-state index contributed by atoms with van der Waals surface area (Å²) >= 11 is 0. The van der Waals surface area contributed by atoms with Gasteiger partial charge in [-0.15, -0.1) is 0 Å². The van der Waals surface area contributed by atoms with Crippen LogP contribution in [-0.2, 0) is 0 Å². The largest absolute Gasteiger partial charge is 0.384 e. The van der Waals surface area contributed by atoms with Crippen molar-refractivity contribution in [1.29, 1.82) is 0 Å². The van der Waals surface area contributed by atoms with Gasteiger partial charge >= 0.3 is 0 Å². The number of rotatable bonds is 4. The van der Waals surface area contributed by atoms with Gasteiger partial charge in [-0.1, -0.05) is 26.0 Å². The van der Waals surface area contributed by atoms with Crippen LogP contribution in [0.1, 0.15) is 42.1 Å². The first-order chi connectivity index (χ1) is 9.60. The molecule has 1 unspecified atom stereocenters. The molecule has 0 aliphatic carbocycles. The SMILES string of the molecule is CCC(C)c1ccc(C(=O)Nc2ccc(N)nc2)cc1. The fourth-order valence-corrected chi connectivity index (χ4v) is 1.88. The molecule has 4 nitrogen and oxygen atoms in total. The van der Waals surface area contributed by atoms with Crippen LogP contribution in [0.2, 0.25) is 0 Å². The van der Waals surface area contributed by atoms with Crippen LogP contribution in [0.5, 0.6) is 0 Å². The smallest absolute Gasteiger partial charge is 0.255 e. The van der Waals surface area contributed by atoms with E-state index >= 15 is 0 Å². The van der Waals surface area contributed by atoms with Gasteiger partial charge in [0.25, 0.3) is 5.91 Å². The van der Waals surface area contributed by atoms with Gasteiger partial charge in [0, 0.05) is 5.56 Å². The quantitative estimate of drug-likeness (QED) is 0.893. The molecule has 0 saturated carbocycles. The first-order valence-electron chi connectivity index (χ1n) is 6.73. The van der Waals surface area contributed by atoms with Crippen molar-refractivity contribution in [2.45, 2.75) is 26.2 Å². The Hall–Kier alpha value is -2.36. The number of hydrogen-bond acceptors (Lipinski definition) is 3. The minimum absolute atomic E-state index is 0.146. The molecule has 104 valence electrons. The zero-order valence-electron chi connectivity index (χ0n) is 11.8. The summed E-state index contributed by atoms with van der Waals surface area (Å²) in [5, 5.41) is 2.79. The third kappa shape index (κ3) is 3.35. The van der Waals surface area contributed by atoms with Crippen molar-refractivity contribution < 1.29 is 4.79 Å². The third-order valence-electron chi connectivity index (χ3n) is 3.40. The van der Waals surface area contributed by atoms with Crippen LogP contribution in [-0.4, -0.2) is 10.9 Å². The van der Waals surface area contributed by atoms with E-state index in [9.17, 15) is 4.79 Å². The highest BCUT2D eigenvalue weighted by molar-refractivity contribution is 6.04. The van der Waals surface area contributed by atoms with Gasteiger partial charge in [0.15, 0.2) is 0 Å². The lowest BCUT2D eigenvalue weighted by molar-refractivity contribution is 0.102. The number of hydrogen-bond donors (Lipinski definition) is 2. The van der Waals surface area contributed by atoms with Crippen molar-refractivity contribution in [3.8, 4) is 0 Å². The lowest BCUT2D eigenvalue weighted by atomic mass is 9.97. The minimum Gasteiger partial charge on any atom is -0.384 e. The van der Waals surface area contributed by atoms with E-state index in [0.717, 1.165) is 6.42 Å². The molecule has 0 fully saturated rings. The van der Waals surface area contributed by atoms with Crippen LogP contribution >= 0.6 is 0 Å². The zero-order chi connectivity index (χ0) is 14.5. The number of carbonyl (C=O) groups excluding carboxylic acids is 1. The molecule has 3 N–H and O–H groups in total. The molecule has 2 rings (SSSR count). The molecule has 1 amide bonds. The molecule has 1 aromatic heterocycles. The molecular weight excluding hydrogens is 250 g/mol. The van der Waals surface area contributed by atoms with E-state index in [2.05, 4.69) is 24.1 Å². The summed E-state index contributed by atoms with van der Waals surface area (Å²) < 4.78 is 0. The summed E-state index contributed by atoms with van der Waals surface area (Å²) in [6.07, 6.45) is 2.63. The second kappa shape index (κ2) is 6.19. The zero-order valence-corrected chi connectivity index (χ0v) is 11.8. The predicted molar refractivity (Wildman–Crippen MR) is 81.8 cm³/mol. The Morgan fingerprint density at radius 1 is 1.25 bits per heavy atom. The molecule has 1 aromatic carbocycles. The highest BCUT2D eigenvalue weighted by Crippen LogP contribution is 2.19. The molecule has 0 saturated heterocycles. The second-order valence-corrected chi connectivity index (χ2v) is 4.86. The molecule has 1 heterocycles. The standard InChI is InChI=1S/C16H19N3O/c1-3-11(2)12-4-6-13(7-5-12)16(20)19-14-8-9-15(17)18-10-14/h4-11H,3H2,1-2H3,(H2,17,18)(H,19,20). The van der Waals surface area contributed by atoms with Crippen LogP contribution < -0.4 is 11.1 Å². The Balaban J connectivity index is 2.07. The van der Waals surface area contributed by atoms with Crippen LogP contribution in [0, 0.1) is 0 Å². The monoisotopic (exact) mass is 269 g/mol. The van der Waals surface area contributed by atoms with Crippen molar-refractivity contribution in [1.82, 2.24) is 4.98 Å². The lowest BCUT2D eigenvalue weighted by Crippen LogP contribution is -2.12. The highest BCUT2D eigenvalue weighted by atomic mass is 16.1. The maximum Gasteiger partial charge on any atom is 0.255 e. The van der Waals surface area contributed by atoms with E-state index < -0.39 is 0 Å².